The van der Waals surface area contributed by atoms with Gasteiger partial charge in [-0.3, -0.25) is 10.1 Å². The van der Waals surface area contributed by atoms with Gasteiger partial charge in [0.05, 0.1) is 11.4 Å². The SMILES string of the molecule is CC(=O)N1C2CC[C@@H]1CC(Cc1ccccc1)C2.CNC(=O)Nc1cc(C(C)(C)C)nn1-c1ccc(C)cc1. The summed E-state index contributed by atoms with van der Waals surface area (Å²) in [5.74, 6) is 1.70. The van der Waals surface area contributed by atoms with Crippen LogP contribution in [0.1, 0.15) is 70.2 Å². The number of hydrogen-bond donors (Lipinski definition) is 2. The molecule has 2 fully saturated rings. The number of urea groups is 1. The number of carbonyl (C=O) groups is 2. The second-order valence-electron chi connectivity index (χ2n) is 12.0. The fraction of sp³-hybridized carbons (Fsp3) is 0.469. The third kappa shape index (κ3) is 7.08. The van der Waals surface area contributed by atoms with E-state index in [2.05, 4.69) is 71.7 Å². The first kappa shape index (κ1) is 28.4. The minimum absolute atomic E-state index is 0.0882. The lowest BCUT2D eigenvalue weighted by Crippen LogP contribution is -2.45. The van der Waals surface area contributed by atoms with Crippen LogP contribution in [0.2, 0.25) is 0 Å². The minimum Gasteiger partial charge on any atom is -0.341 e. The molecule has 3 heterocycles. The van der Waals surface area contributed by atoms with Crippen LogP contribution < -0.4 is 10.6 Å². The van der Waals surface area contributed by atoms with Gasteiger partial charge in [-0.25, -0.2) is 9.48 Å². The Labute approximate surface area is 233 Å². The standard InChI is InChI=1S/C16H22N4O.C16H21NO/c1-11-6-8-12(9-7-11)20-14(18-15(21)17-5)10-13(19-20)16(2,3)4;1-12(18)17-15-7-8-16(17)11-14(10-15)9-13-5-3-2-4-6-13/h6-10H,1-5H3,(H2,17,18,21);2-6,14-16H,7-11H2,1H3/t;14?,15-,16?/m.1/s1. The van der Waals surface area contributed by atoms with Crippen LogP contribution in [0.25, 0.3) is 5.69 Å². The molecule has 1 aromatic heterocycles. The summed E-state index contributed by atoms with van der Waals surface area (Å²) >= 11 is 0. The van der Waals surface area contributed by atoms with Crippen LogP contribution in [0.5, 0.6) is 0 Å². The van der Waals surface area contributed by atoms with Gasteiger partial charge < -0.3 is 10.2 Å². The van der Waals surface area contributed by atoms with Crippen molar-refractivity contribution in [3.63, 3.8) is 0 Å². The number of nitrogens with zero attached hydrogens (tertiary/aromatic N) is 3. The lowest BCUT2D eigenvalue weighted by Gasteiger charge is -2.38. The van der Waals surface area contributed by atoms with Gasteiger partial charge >= 0.3 is 6.03 Å². The van der Waals surface area contributed by atoms with Crippen LogP contribution in [0.4, 0.5) is 10.6 Å². The molecule has 0 radical (unpaired) electrons. The molecule has 2 unspecified atom stereocenters. The number of fused-ring (bicyclic) bond motifs is 2. The van der Waals surface area contributed by atoms with Crippen molar-refractivity contribution >= 4 is 17.8 Å². The molecule has 2 N–H and O–H groups in total. The second kappa shape index (κ2) is 12.1. The molecule has 0 spiro atoms. The fourth-order valence-electron chi connectivity index (χ4n) is 5.82. The lowest BCUT2D eigenvalue weighted by atomic mass is 9.86. The number of aromatic nitrogens is 2. The maximum atomic E-state index is 11.7. The van der Waals surface area contributed by atoms with Gasteiger partial charge in [0.25, 0.3) is 0 Å². The summed E-state index contributed by atoms with van der Waals surface area (Å²) in [5, 5.41) is 10.0. The van der Waals surface area contributed by atoms with E-state index in [1.165, 1.54) is 43.2 Å². The first-order valence-electron chi connectivity index (χ1n) is 14.0. The molecule has 3 amide bonds. The van der Waals surface area contributed by atoms with Gasteiger partial charge in [-0.15, -0.1) is 0 Å². The molecule has 2 bridgehead atoms. The molecule has 2 aliphatic heterocycles. The maximum Gasteiger partial charge on any atom is 0.320 e. The van der Waals surface area contributed by atoms with Crippen molar-refractivity contribution < 1.29 is 9.59 Å². The highest BCUT2D eigenvalue weighted by molar-refractivity contribution is 5.88. The van der Waals surface area contributed by atoms with E-state index >= 15 is 0 Å². The molecule has 7 nitrogen and oxygen atoms in total. The molecule has 0 saturated carbocycles. The van der Waals surface area contributed by atoms with Crippen molar-refractivity contribution in [2.45, 2.75) is 84.2 Å². The number of hydrogen-bond acceptors (Lipinski definition) is 3. The molecule has 208 valence electrons. The Kier molecular flexibility index (Phi) is 8.78. The smallest absolute Gasteiger partial charge is 0.320 e. The Hall–Kier alpha value is -3.61. The highest BCUT2D eigenvalue weighted by Crippen LogP contribution is 2.39. The molecule has 2 aliphatic rings. The van der Waals surface area contributed by atoms with Crippen LogP contribution in [0.15, 0.2) is 60.7 Å². The van der Waals surface area contributed by atoms with Crippen molar-refractivity contribution in [3.8, 4) is 5.69 Å². The van der Waals surface area contributed by atoms with Gasteiger partial charge in [0.15, 0.2) is 0 Å². The zero-order valence-corrected chi connectivity index (χ0v) is 24.2. The van der Waals surface area contributed by atoms with Crippen molar-refractivity contribution in [3.05, 3.63) is 77.5 Å². The number of aryl methyl sites for hydroxylation is 1. The van der Waals surface area contributed by atoms with E-state index in [0.29, 0.717) is 17.9 Å². The Morgan fingerprint density at radius 1 is 0.974 bits per heavy atom. The predicted octanol–water partition coefficient (Wildman–Crippen LogP) is 6.25. The van der Waals surface area contributed by atoms with Gasteiger partial charge in [-0.1, -0.05) is 68.8 Å². The first-order chi connectivity index (χ1) is 18.5. The van der Waals surface area contributed by atoms with E-state index in [0.717, 1.165) is 17.3 Å². The zero-order valence-electron chi connectivity index (χ0n) is 24.2. The average Bonchev–Trinajstić information content (AvgIpc) is 3.44. The highest BCUT2D eigenvalue weighted by Gasteiger charge is 2.41. The molecule has 2 aromatic carbocycles. The van der Waals surface area contributed by atoms with Crippen molar-refractivity contribution in [2.24, 2.45) is 5.92 Å². The maximum absolute atomic E-state index is 11.7. The van der Waals surface area contributed by atoms with Crippen molar-refractivity contribution in [1.29, 1.82) is 0 Å². The van der Waals surface area contributed by atoms with E-state index in [1.54, 1.807) is 18.7 Å². The van der Waals surface area contributed by atoms with Crippen LogP contribution in [0, 0.1) is 12.8 Å². The van der Waals surface area contributed by atoms with Gasteiger partial charge in [0.1, 0.15) is 5.82 Å². The summed E-state index contributed by atoms with van der Waals surface area (Å²) in [4.78, 5) is 25.4. The highest BCUT2D eigenvalue weighted by atomic mass is 16.2. The molecular formula is C32H43N5O2. The number of amides is 3. The monoisotopic (exact) mass is 529 g/mol. The Balaban J connectivity index is 0.000000183. The van der Waals surface area contributed by atoms with Crippen LogP contribution in [0.3, 0.4) is 0 Å². The molecule has 39 heavy (non-hydrogen) atoms. The Morgan fingerprint density at radius 3 is 2.13 bits per heavy atom. The number of benzene rings is 2. The summed E-state index contributed by atoms with van der Waals surface area (Å²) in [6.45, 7) is 10.1. The molecular weight excluding hydrogens is 486 g/mol. The lowest BCUT2D eigenvalue weighted by molar-refractivity contribution is -0.133. The van der Waals surface area contributed by atoms with E-state index in [9.17, 15) is 9.59 Å². The summed E-state index contributed by atoms with van der Waals surface area (Å²) < 4.78 is 1.76. The third-order valence-electron chi connectivity index (χ3n) is 7.79. The third-order valence-corrected chi connectivity index (χ3v) is 7.79. The van der Waals surface area contributed by atoms with Gasteiger partial charge in [-0.05, 0) is 62.6 Å². The van der Waals surface area contributed by atoms with E-state index in [-0.39, 0.29) is 17.4 Å². The Bertz CT molecular complexity index is 1250. The van der Waals surface area contributed by atoms with E-state index < -0.39 is 0 Å². The topological polar surface area (TPSA) is 79.3 Å². The summed E-state index contributed by atoms with van der Waals surface area (Å²) in [6, 6.07) is 21.5. The number of piperidine rings is 1. The van der Waals surface area contributed by atoms with Crippen LogP contribution in [-0.2, 0) is 16.6 Å². The number of rotatable bonds is 4. The molecule has 5 rings (SSSR count). The Morgan fingerprint density at radius 2 is 1.59 bits per heavy atom. The molecule has 3 atom stereocenters. The van der Waals surface area contributed by atoms with Gasteiger partial charge in [-0.2, -0.15) is 5.10 Å². The minimum atomic E-state index is -0.260. The van der Waals surface area contributed by atoms with Crippen LogP contribution in [-0.4, -0.2) is 45.8 Å². The summed E-state index contributed by atoms with van der Waals surface area (Å²) in [5.41, 5.74) is 4.38. The molecule has 0 aliphatic carbocycles. The number of nitrogens with one attached hydrogen (secondary N) is 2. The predicted molar refractivity (Wildman–Crippen MR) is 157 cm³/mol. The molecule has 7 heteroatoms. The van der Waals surface area contributed by atoms with Crippen molar-refractivity contribution in [1.82, 2.24) is 20.0 Å². The first-order valence-corrected chi connectivity index (χ1v) is 14.0. The van der Waals surface area contributed by atoms with E-state index in [4.69, 9.17) is 0 Å². The quantitative estimate of drug-likeness (QED) is 0.419. The normalized spacial score (nSPS) is 20.2. The number of carbonyl (C=O) groups excluding carboxylic acids is 2. The summed E-state index contributed by atoms with van der Waals surface area (Å²) in [7, 11) is 1.59. The van der Waals surface area contributed by atoms with Crippen molar-refractivity contribution in [2.75, 3.05) is 12.4 Å². The zero-order chi connectivity index (χ0) is 28.2. The van der Waals surface area contributed by atoms with Gasteiger partial charge in [0.2, 0.25) is 5.91 Å². The molecule has 3 aromatic rings. The molecule has 2 saturated heterocycles. The fourth-order valence-corrected chi connectivity index (χ4v) is 5.82. The van der Waals surface area contributed by atoms with Crippen LogP contribution >= 0.6 is 0 Å². The second-order valence-corrected chi connectivity index (χ2v) is 12.0. The van der Waals surface area contributed by atoms with Gasteiger partial charge in [0, 0.05) is 37.5 Å². The largest absolute Gasteiger partial charge is 0.341 e. The average molecular weight is 530 g/mol. The summed E-state index contributed by atoms with van der Waals surface area (Å²) in [6.07, 6.45) is 6.01. The van der Waals surface area contributed by atoms with E-state index in [1.807, 2.05) is 37.3 Å². The number of anilines is 1.